The van der Waals surface area contributed by atoms with Crippen LogP contribution in [0.4, 0.5) is 10.1 Å². The quantitative estimate of drug-likeness (QED) is 0.657. The molecule has 1 fully saturated rings. The number of sulfonamides is 1. The maximum atomic E-state index is 14.0. The number of aromatic nitrogens is 2. The maximum Gasteiger partial charge on any atom is 0.245 e. The van der Waals surface area contributed by atoms with Crippen LogP contribution in [-0.2, 0) is 14.8 Å². The summed E-state index contributed by atoms with van der Waals surface area (Å²) in [7, 11) is -3.92. The van der Waals surface area contributed by atoms with E-state index in [1.807, 2.05) is 31.2 Å². The molecular formula is C22H23FN4O3S. The van der Waals surface area contributed by atoms with Crippen molar-refractivity contribution in [3.05, 3.63) is 72.3 Å². The van der Waals surface area contributed by atoms with Gasteiger partial charge in [0, 0.05) is 36.6 Å². The summed E-state index contributed by atoms with van der Waals surface area (Å²) in [5.74, 6) is -1.24. The lowest BCUT2D eigenvalue weighted by atomic mass is 9.97. The van der Waals surface area contributed by atoms with Gasteiger partial charge in [0.2, 0.25) is 15.9 Å². The maximum absolute atomic E-state index is 14.0. The number of hydrogen-bond donors (Lipinski definition) is 1. The molecule has 0 radical (unpaired) electrons. The Balaban J connectivity index is 1.40. The Labute approximate surface area is 180 Å². The van der Waals surface area contributed by atoms with Gasteiger partial charge in [-0.2, -0.15) is 9.40 Å². The highest BCUT2D eigenvalue weighted by Crippen LogP contribution is 2.26. The molecule has 162 valence electrons. The van der Waals surface area contributed by atoms with Crippen LogP contribution in [0.25, 0.3) is 5.69 Å². The minimum atomic E-state index is -3.92. The summed E-state index contributed by atoms with van der Waals surface area (Å²) in [5.41, 5.74) is 2.47. The molecule has 1 aliphatic rings. The van der Waals surface area contributed by atoms with E-state index in [1.165, 1.54) is 22.5 Å². The molecule has 3 aromatic rings. The summed E-state index contributed by atoms with van der Waals surface area (Å²) in [6, 6.07) is 14.6. The Kier molecular flexibility index (Phi) is 5.88. The van der Waals surface area contributed by atoms with Crippen LogP contribution in [0.1, 0.15) is 18.5 Å². The Morgan fingerprint density at radius 1 is 1.10 bits per heavy atom. The number of anilines is 1. The summed E-state index contributed by atoms with van der Waals surface area (Å²) in [6.45, 7) is 2.28. The predicted octanol–water partition coefficient (Wildman–Crippen LogP) is 3.36. The van der Waals surface area contributed by atoms with E-state index in [9.17, 15) is 17.6 Å². The van der Waals surface area contributed by atoms with E-state index in [-0.39, 0.29) is 29.8 Å². The zero-order chi connectivity index (χ0) is 22.0. The zero-order valence-electron chi connectivity index (χ0n) is 17.0. The molecule has 0 unspecified atom stereocenters. The number of halogens is 1. The van der Waals surface area contributed by atoms with Crippen molar-refractivity contribution in [2.45, 2.75) is 24.7 Å². The Morgan fingerprint density at radius 2 is 1.84 bits per heavy atom. The van der Waals surface area contributed by atoms with E-state index >= 15 is 0 Å². The first-order valence-corrected chi connectivity index (χ1v) is 11.5. The van der Waals surface area contributed by atoms with Crippen molar-refractivity contribution in [3.8, 4) is 5.69 Å². The monoisotopic (exact) mass is 442 g/mol. The molecule has 2 heterocycles. The highest BCUT2D eigenvalue weighted by atomic mass is 32.2. The molecule has 0 bridgehead atoms. The van der Waals surface area contributed by atoms with Gasteiger partial charge in [-0.3, -0.25) is 4.79 Å². The fraction of sp³-hybridized carbons (Fsp3) is 0.273. The molecule has 1 aliphatic heterocycles. The van der Waals surface area contributed by atoms with Gasteiger partial charge >= 0.3 is 0 Å². The van der Waals surface area contributed by atoms with Crippen molar-refractivity contribution >= 4 is 21.6 Å². The molecule has 31 heavy (non-hydrogen) atoms. The first-order chi connectivity index (χ1) is 14.9. The fourth-order valence-electron chi connectivity index (χ4n) is 3.75. The minimum Gasteiger partial charge on any atom is -0.326 e. The third-order valence-corrected chi connectivity index (χ3v) is 7.40. The number of nitrogens with zero attached hydrogens (tertiary/aromatic N) is 3. The molecule has 0 atom stereocenters. The van der Waals surface area contributed by atoms with Crippen LogP contribution >= 0.6 is 0 Å². The van der Waals surface area contributed by atoms with Gasteiger partial charge in [-0.15, -0.1) is 0 Å². The standard InChI is InChI=1S/C22H23FN4O3S/c1-16-9-12-24-27(16)19-6-4-5-18(15-19)25-22(28)17-10-13-26(14-11-17)31(29,30)21-8-3-2-7-20(21)23/h2-9,12,15,17H,10-11,13-14H2,1H3,(H,25,28). The smallest absolute Gasteiger partial charge is 0.245 e. The van der Waals surface area contributed by atoms with Gasteiger partial charge in [0.25, 0.3) is 0 Å². The number of aryl methyl sites for hydroxylation is 1. The van der Waals surface area contributed by atoms with Gasteiger partial charge in [0.05, 0.1) is 5.69 Å². The van der Waals surface area contributed by atoms with Crippen molar-refractivity contribution in [1.29, 1.82) is 0 Å². The molecule has 0 saturated carbocycles. The van der Waals surface area contributed by atoms with E-state index in [0.29, 0.717) is 18.5 Å². The minimum absolute atomic E-state index is 0.155. The summed E-state index contributed by atoms with van der Waals surface area (Å²) in [6.07, 6.45) is 2.46. The molecule has 1 N–H and O–H groups in total. The number of carbonyl (C=O) groups excluding carboxylic acids is 1. The second kappa shape index (κ2) is 8.60. The van der Waals surface area contributed by atoms with Crippen LogP contribution < -0.4 is 5.32 Å². The number of rotatable bonds is 5. The van der Waals surface area contributed by atoms with Crippen LogP contribution in [0, 0.1) is 18.7 Å². The van der Waals surface area contributed by atoms with Crippen molar-refractivity contribution in [3.63, 3.8) is 0 Å². The molecule has 7 nitrogen and oxygen atoms in total. The Morgan fingerprint density at radius 3 is 2.52 bits per heavy atom. The van der Waals surface area contributed by atoms with E-state index in [0.717, 1.165) is 17.4 Å². The molecule has 1 amide bonds. The average molecular weight is 443 g/mol. The first-order valence-electron chi connectivity index (χ1n) is 10.0. The van der Waals surface area contributed by atoms with Gasteiger partial charge in [0.1, 0.15) is 10.7 Å². The predicted molar refractivity (Wildman–Crippen MR) is 115 cm³/mol. The first kappa shape index (κ1) is 21.2. The van der Waals surface area contributed by atoms with E-state index in [1.54, 1.807) is 16.9 Å². The second-order valence-corrected chi connectivity index (χ2v) is 9.44. The summed E-state index contributed by atoms with van der Waals surface area (Å²) in [4.78, 5) is 12.4. The number of piperidine rings is 1. The number of amides is 1. The van der Waals surface area contributed by atoms with Gasteiger partial charge in [-0.05, 0) is 56.2 Å². The second-order valence-electron chi connectivity index (χ2n) is 7.53. The van der Waals surface area contributed by atoms with Gasteiger partial charge in [0.15, 0.2) is 0 Å². The molecule has 0 aliphatic carbocycles. The lowest BCUT2D eigenvalue weighted by Crippen LogP contribution is -2.41. The van der Waals surface area contributed by atoms with Crippen LogP contribution in [0.2, 0.25) is 0 Å². The van der Waals surface area contributed by atoms with Crippen LogP contribution in [0.3, 0.4) is 0 Å². The van der Waals surface area contributed by atoms with Gasteiger partial charge in [-0.25, -0.2) is 17.5 Å². The fourth-order valence-corrected chi connectivity index (χ4v) is 5.29. The van der Waals surface area contributed by atoms with Crippen molar-refractivity contribution in [2.75, 3.05) is 18.4 Å². The zero-order valence-corrected chi connectivity index (χ0v) is 17.8. The lowest BCUT2D eigenvalue weighted by molar-refractivity contribution is -0.120. The molecule has 1 aromatic heterocycles. The Bertz CT molecular complexity index is 1200. The largest absolute Gasteiger partial charge is 0.326 e. The SMILES string of the molecule is Cc1ccnn1-c1cccc(NC(=O)C2CCN(S(=O)(=O)c3ccccc3F)CC2)c1. The van der Waals surface area contributed by atoms with Crippen molar-refractivity contribution < 1.29 is 17.6 Å². The molecule has 0 spiro atoms. The van der Waals surface area contributed by atoms with E-state index < -0.39 is 15.8 Å². The number of nitrogens with one attached hydrogen (secondary N) is 1. The highest BCUT2D eigenvalue weighted by Gasteiger charge is 2.33. The van der Waals surface area contributed by atoms with Crippen LogP contribution in [0.5, 0.6) is 0 Å². The highest BCUT2D eigenvalue weighted by molar-refractivity contribution is 7.89. The average Bonchev–Trinajstić information content (AvgIpc) is 3.20. The van der Waals surface area contributed by atoms with Crippen molar-refractivity contribution in [1.82, 2.24) is 14.1 Å². The molecule has 4 rings (SSSR count). The van der Waals surface area contributed by atoms with E-state index in [2.05, 4.69) is 10.4 Å². The molecule has 1 saturated heterocycles. The van der Waals surface area contributed by atoms with Crippen LogP contribution in [-0.4, -0.2) is 41.5 Å². The number of benzene rings is 2. The summed E-state index contributed by atoms with van der Waals surface area (Å²) in [5, 5.41) is 7.19. The molecule has 9 heteroatoms. The number of hydrogen-bond acceptors (Lipinski definition) is 4. The topological polar surface area (TPSA) is 84.3 Å². The van der Waals surface area contributed by atoms with Gasteiger partial charge in [-0.1, -0.05) is 18.2 Å². The summed E-state index contributed by atoms with van der Waals surface area (Å²) >= 11 is 0. The third kappa shape index (κ3) is 4.38. The lowest BCUT2D eigenvalue weighted by Gasteiger charge is -2.30. The normalized spacial score (nSPS) is 15.7. The third-order valence-electron chi connectivity index (χ3n) is 5.47. The van der Waals surface area contributed by atoms with E-state index in [4.69, 9.17) is 0 Å². The number of carbonyl (C=O) groups is 1. The van der Waals surface area contributed by atoms with Crippen molar-refractivity contribution in [2.24, 2.45) is 5.92 Å². The Hall–Kier alpha value is -3.04. The summed E-state index contributed by atoms with van der Waals surface area (Å²) < 4.78 is 42.5. The molecule has 2 aromatic carbocycles. The van der Waals surface area contributed by atoms with Gasteiger partial charge < -0.3 is 5.32 Å². The van der Waals surface area contributed by atoms with Crippen LogP contribution in [0.15, 0.2) is 65.7 Å². The molecular weight excluding hydrogens is 419 g/mol.